The smallest absolute Gasteiger partial charge is 0.249 e. The maximum absolute atomic E-state index is 14.7. The Bertz CT molecular complexity index is 2400. The Balaban J connectivity index is 0.000000289. The molecule has 0 aliphatic carbocycles. The highest BCUT2D eigenvalue weighted by Crippen LogP contribution is 2.59. The molecule has 1 unspecified atom stereocenters. The van der Waals surface area contributed by atoms with Crippen molar-refractivity contribution in [1.82, 2.24) is 0 Å². The number of ether oxygens (including phenoxy) is 8. The molecule has 1 atom stereocenters. The normalized spacial score (nSPS) is 11.8. The van der Waals surface area contributed by atoms with Crippen molar-refractivity contribution in [2.75, 3.05) is 63.0 Å². The molecule has 5 aromatic carbocycles. The van der Waals surface area contributed by atoms with Crippen LogP contribution in [0.1, 0.15) is 75.5 Å². The number of rotatable bonds is 20. The Morgan fingerprint density at radius 1 is 0.424 bits per heavy atom. The lowest BCUT2D eigenvalue weighted by molar-refractivity contribution is 0.101. The van der Waals surface area contributed by atoms with Crippen molar-refractivity contribution in [2.45, 2.75) is 34.1 Å². The van der Waals surface area contributed by atoms with E-state index in [-0.39, 0.29) is 91.0 Å². The first kappa shape index (κ1) is 52.3. The van der Waals surface area contributed by atoms with Gasteiger partial charge >= 0.3 is 0 Å². The van der Waals surface area contributed by atoms with Gasteiger partial charge in [-0.1, -0.05) is 82.3 Å². The summed E-state index contributed by atoms with van der Waals surface area (Å²) in [7, 11) is 2.44. The molecule has 0 bridgehead atoms. The molecule has 0 saturated carbocycles. The molecule has 0 heterocycles. The summed E-state index contributed by atoms with van der Waals surface area (Å²) in [4.78, 5) is 55.9. The first-order valence-corrected chi connectivity index (χ1v) is 24.2. The Hall–Kier alpha value is -6.36. The minimum absolute atomic E-state index is 0.0130. The predicted octanol–water partition coefficient (Wildman–Crippen LogP) is 10.5. The Kier molecular flexibility index (Phi) is 18.0. The second-order valence-electron chi connectivity index (χ2n) is 16.1. The second kappa shape index (κ2) is 22.7. The zero-order valence-corrected chi connectivity index (χ0v) is 41.2. The Morgan fingerprint density at radius 2 is 0.682 bits per heavy atom. The molecule has 0 radical (unpaired) electrons. The zero-order valence-electron chi connectivity index (χ0n) is 39.4. The van der Waals surface area contributed by atoms with Gasteiger partial charge in [-0.05, 0) is 66.3 Å². The highest BCUT2D eigenvalue weighted by Gasteiger charge is 2.48. The largest absolute Gasteiger partial charge is 0.496 e. The van der Waals surface area contributed by atoms with Crippen molar-refractivity contribution in [1.29, 1.82) is 0 Å². The molecule has 5 rings (SSSR count). The van der Waals surface area contributed by atoms with Crippen molar-refractivity contribution in [3.05, 3.63) is 125 Å². The van der Waals surface area contributed by atoms with Crippen LogP contribution in [0.2, 0.25) is 0 Å². The molecule has 352 valence electrons. The number of carbonyl (C=O) groups excluding carboxylic acids is 4. The van der Waals surface area contributed by atoms with Gasteiger partial charge < -0.3 is 47.0 Å². The van der Waals surface area contributed by atoms with E-state index in [1.165, 1.54) is 69.0 Å². The first-order valence-electron chi connectivity index (χ1n) is 20.6. The van der Waals surface area contributed by atoms with Crippen LogP contribution in [0.15, 0.2) is 103 Å². The van der Waals surface area contributed by atoms with Crippen LogP contribution < -0.4 is 43.2 Å². The molecular weight excluding hydrogens is 886 g/mol. The topological polar surface area (TPSA) is 176 Å². The van der Waals surface area contributed by atoms with Gasteiger partial charge in [-0.25, -0.2) is 0 Å². The second-order valence-corrected chi connectivity index (χ2v) is 21.3. The van der Waals surface area contributed by atoms with Gasteiger partial charge in [-0.3, -0.25) is 19.2 Å². The summed E-state index contributed by atoms with van der Waals surface area (Å²) in [5, 5.41) is 0.0796. The third-order valence-corrected chi connectivity index (χ3v) is 16.0. The van der Waals surface area contributed by atoms with Gasteiger partial charge in [0.15, 0.2) is 0 Å². The van der Waals surface area contributed by atoms with E-state index in [4.69, 9.17) is 37.9 Å². The molecule has 0 amide bonds. The standard InChI is InChI=1S/C26H35O7P.C24H23O7P/c1-17(15-26(2,3)4)16-34(29,24(27)22-18(30-5)11-9-12-19(22)31-6)25(28)23-20(32-7)13-10-14-21(23)33-8;1-28-17-12-8-13-18(29-2)21(17)23(25)32(27,16-10-6-5-7-11-16)24(26)22-19(30-3)14-9-15-20(22)31-4/h9-14,17H,15-16H2,1-8H3;5-15H,1-4H3. The third-order valence-electron chi connectivity index (χ3n) is 10.4. The van der Waals surface area contributed by atoms with Gasteiger partial charge in [0.1, 0.15) is 68.2 Å². The molecule has 0 saturated heterocycles. The number of benzene rings is 5. The van der Waals surface area contributed by atoms with Crippen molar-refractivity contribution in [2.24, 2.45) is 11.3 Å². The summed E-state index contributed by atoms with van der Waals surface area (Å²) in [5.74, 6) is 1.15. The zero-order chi connectivity index (χ0) is 49.0. The number of hydrogen-bond donors (Lipinski definition) is 0. The fraction of sp³-hybridized carbons (Fsp3) is 0.320. The fourth-order valence-electron chi connectivity index (χ4n) is 7.70. The van der Waals surface area contributed by atoms with Crippen LogP contribution in [0.4, 0.5) is 0 Å². The van der Waals surface area contributed by atoms with Gasteiger partial charge in [-0.2, -0.15) is 0 Å². The molecule has 0 fully saturated rings. The Morgan fingerprint density at radius 3 is 0.924 bits per heavy atom. The van der Waals surface area contributed by atoms with Gasteiger partial charge in [0.25, 0.3) is 0 Å². The summed E-state index contributed by atoms with van der Waals surface area (Å²) in [6.07, 6.45) is 0.564. The summed E-state index contributed by atoms with van der Waals surface area (Å²) in [6.45, 7) is 8.08. The van der Waals surface area contributed by atoms with Crippen LogP contribution >= 0.6 is 14.3 Å². The predicted molar refractivity (Wildman–Crippen MR) is 255 cm³/mol. The molecule has 0 spiro atoms. The summed E-state index contributed by atoms with van der Waals surface area (Å²) < 4.78 is 72.1. The minimum atomic E-state index is -4.46. The van der Waals surface area contributed by atoms with Crippen LogP contribution in [-0.4, -0.2) is 85.1 Å². The molecular formula is C50H58O14P2. The molecule has 0 aliphatic rings. The molecule has 0 aliphatic heterocycles. The Labute approximate surface area is 386 Å². The summed E-state index contributed by atoms with van der Waals surface area (Å²) in [6, 6.07) is 27.0. The molecule has 0 N–H and O–H groups in total. The minimum Gasteiger partial charge on any atom is -0.496 e. The van der Waals surface area contributed by atoms with E-state index >= 15 is 0 Å². The maximum atomic E-state index is 14.7. The van der Waals surface area contributed by atoms with Gasteiger partial charge in [0.2, 0.25) is 36.4 Å². The molecule has 5 aromatic rings. The highest BCUT2D eigenvalue weighted by molar-refractivity contribution is 8.01. The van der Waals surface area contributed by atoms with Crippen molar-refractivity contribution >= 4 is 41.7 Å². The average molecular weight is 945 g/mol. The average Bonchev–Trinajstić information content (AvgIpc) is 3.33. The molecule has 14 nitrogen and oxygen atoms in total. The van der Waals surface area contributed by atoms with Crippen LogP contribution in [0.3, 0.4) is 0 Å². The molecule has 16 heteroatoms. The number of methoxy groups -OCH3 is 8. The summed E-state index contributed by atoms with van der Waals surface area (Å²) >= 11 is 0. The van der Waals surface area contributed by atoms with Gasteiger partial charge in [0.05, 0.1) is 56.9 Å². The summed E-state index contributed by atoms with van der Waals surface area (Å²) in [5.41, 5.74) is -3.69. The lowest BCUT2D eigenvalue weighted by Gasteiger charge is -2.27. The monoisotopic (exact) mass is 944 g/mol. The van der Waals surface area contributed by atoms with Crippen molar-refractivity contribution in [3.8, 4) is 46.0 Å². The van der Waals surface area contributed by atoms with Crippen LogP contribution in [0, 0.1) is 11.3 Å². The lowest BCUT2D eigenvalue weighted by Crippen LogP contribution is -2.22. The molecule has 0 aromatic heterocycles. The SMILES string of the molecule is COc1cccc(OC)c1C(=O)P(=O)(C(=O)c1c(OC)cccc1OC)c1ccccc1.COc1cccc(OC)c1C(=O)P(=O)(CC(C)CC(C)(C)C)C(=O)c1c(OC)cccc1OC. The van der Waals surface area contributed by atoms with E-state index in [9.17, 15) is 28.3 Å². The van der Waals surface area contributed by atoms with Gasteiger partial charge in [0, 0.05) is 11.5 Å². The van der Waals surface area contributed by atoms with E-state index < -0.39 is 36.4 Å². The van der Waals surface area contributed by atoms with E-state index in [2.05, 4.69) is 20.8 Å². The quantitative estimate of drug-likeness (QED) is 0.0674. The molecule has 66 heavy (non-hydrogen) atoms. The number of carbonyl (C=O) groups is 4. The van der Waals surface area contributed by atoms with Crippen molar-refractivity contribution < 1.29 is 66.2 Å². The van der Waals surface area contributed by atoms with E-state index in [0.717, 1.165) is 0 Å². The van der Waals surface area contributed by atoms with Crippen LogP contribution in [-0.2, 0) is 9.13 Å². The maximum Gasteiger partial charge on any atom is 0.249 e. The fourth-order valence-corrected chi connectivity index (χ4v) is 12.7. The van der Waals surface area contributed by atoms with Crippen LogP contribution in [0.25, 0.3) is 0 Å². The van der Waals surface area contributed by atoms with Crippen molar-refractivity contribution in [3.63, 3.8) is 0 Å². The lowest BCUT2D eigenvalue weighted by atomic mass is 9.86. The first-order chi connectivity index (χ1) is 31.4. The van der Waals surface area contributed by atoms with E-state index in [1.54, 1.807) is 91.0 Å². The third kappa shape index (κ3) is 11.0. The van der Waals surface area contributed by atoms with Gasteiger partial charge in [-0.15, -0.1) is 0 Å². The van der Waals surface area contributed by atoms with Crippen LogP contribution in [0.5, 0.6) is 46.0 Å². The highest BCUT2D eigenvalue weighted by atomic mass is 31.2. The number of hydrogen-bond acceptors (Lipinski definition) is 14. The van der Waals surface area contributed by atoms with E-state index in [0.29, 0.717) is 6.42 Å². The van der Waals surface area contributed by atoms with E-state index in [1.807, 2.05) is 6.92 Å².